The molecule has 1 unspecified atom stereocenters. The fraction of sp³-hybridized carbons (Fsp3) is 0.529. The van der Waals surface area contributed by atoms with Crippen molar-refractivity contribution < 1.29 is 4.79 Å². The molecule has 1 amide bonds. The standard InChI is InChI=1S/C17H23N5O/c1-13(17(23)21(2)15-11-7-4-8-12-15)22-19-16(18-20-22)14-9-5-3-6-10-14/h3,5-6,9-10,13,15H,4,7-8,11-12H2,1-2H3. The van der Waals surface area contributed by atoms with E-state index in [9.17, 15) is 4.79 Å². The first-order valence-corrected chi connectivity index (χ1v) is 8.28. The molecule has 0 spiro atoms. The molecule has 0 bridgehead atoms. The maximum Gasteiger partial charge on any atom is 0.249 e. The quantitative estimate of drug-likeness (QED) is 0.870. The maximum absolute atomic E-state index is 12.7. The molecule has 23 heavy (non-hydrogen) atoms. The second-order valence-corrected chi connectivity index (χ2v) is 6.22. The number of benzene rings is 1. The van der Waals surface area contributed by atoms with Gasteiger partial charge in [-0.25, -0.2) is 0 Å². The van der Waals surface area contributed by atoms with Crippen LogP contribution in [0, 0.1) is 0 Å². The lowest BCUT2D eigenvalue weighted by Crippen LogP contribution is -2.42. The molecule has 0 saturated heterocycles. The Kier molecular flexibility index (Phi) is 4.69. The first kappa shape index (κ1) is 15.6. The number of rotatable bonds is 4. The number of amides is 1. The summed E-state index contributed by atoms with van der Waals surface area (Å²) in [6.07, 6.45) is 5.87. The second-order valence-electron chi connectivity index (χ2n) is 6.22. The molecule has 1 aliphatic rings. The predicted octanol–water partition coefficient (Wildman–Crippen LogP) is 2.69. The zero-order valence-electron chi connectivity index (χ0n) is 13.7. The summed E-state index contributed by atoms with van der Waals surface area (Å²) in [5.74, 6) is 0.597. The summed E-state index contributed by atoms with van der Waals surface area (Å²) >= 11 is 0. The van der Waals surface area contributed by atoms with Gasteiger partial charge in [-0.05, 0) is 25.0 Å². The number of nitrogens with zero attached hydrogens (tertiary/aromatic N) is 5. The topological polar surface area (TPSA) is 63.9 Å². The number of hydrogen-bond donors (Lipinski definition) is 0. The Morgan fingerprint density at radius 2 is 1.91 bits per heavy atom. The SMILES string of the molecule is CC(C(=O)N(C)C1CCCCC1)n1nnc(-c2ccccc2)n1. The average Bonchev–Trinajstić information content (AvgIpc) is 3.11. The van der Waals surface area contributed by atoms with Gasteiger partial charge in [0.15, 0.2) is 0 Å². The Morgan fingerprint density at radius 3 is 2.61 bits per heavy atom. The average molecular weight is 313 g/mol. The van der Waals surface area contributed by atoms with Crippen LogP contribution in [0.15, 0.2) is 30.3 Å². The Hall–Kier alpha value is -2.24. The fourth-order valence-corrected chi connectivity index (χ4v) is 3.13. The van der Waals surface area contributed by atoms with E-state index >= 15 is 0 Å². The number of hydrogen-bond acceptors (Lipinski definition) is 4. The van der Waals surface area contributed by atoms with Crippen molar-refractivity contribution in [2.24, 2.45) is 0 Å². The summed E-state index contributed by atoms with van der Waals surface area (Å²) in [6, 6.07) is 9.58. The van der Waals surface area contributed by atoms with Crippen LogP contribution in [0.4, 0.5) is 0 Å². The number of carbonyl (C=O) groups is 1. The molecule has 1 fully saturated rings. The van der Waals surface area contributed by atoms with E-state index in [0.29, 0.717) is 11.9 Å². The van der Waals surface area contributed by atoms with Crippen molar-refractivity contribution in [1.82, 2.24) is 25.1 Å². The van der Waals surface area contributed by atoms with Crippen molar-refractivity contribution in [3.8, 4) is 11.4 Å². The number of likely N-dealkylation sites (N-methyl/N-ethyl adjacent to an activating group) is 1. The van der Waals surface area contributed by atoms with Crippen LogP contribution < -0.4 is 0 Å². The molecule has 0 radical (unpaired) electrons. The molecular formula is C17H23N5O. The first-order valence-electron chi connectivity index (χ1n) is 8.28. The highest BCUT2D eigenvalue weighted by molar-refractivity contribution is 5.79. The van der Waals surface area contributed by atoms with Crippen LogP contribution in [0.25, 0.3) is 11.4 Å². The van der Waals surface area contributed by atoms with Crippen molar-refractivity contribution in [2.45, 2.75) is 51.1 Å². The van der Waals surface area contributed by atoms with E-state index in [-0.39, 0.29) is 5.91 Å². The third-order valence-corrected chi connectivity index (χ3v) is 4.63. The lowest BCUT2D eigenvalue weighted by molar-refractivity contribution is -0.136. The van der Waals surface area contributed by atoms with Gasteiger partial charge < -0.3 is 4.90 Å². The molecule has 6 nitrogen and oxygen atoms in total. The Morgan fingerprint density at radius 1 is 1.22 bits per heavy atom. The highest BCUT2D eigenvalue weighted by Crippen LogP contribution is 2.23. The number of aromatic nitrogens is 4. The zero-order chi connectivity index (χ0) is 16.2. The molecule has 1 aliphatic carbocycles. The molecule has 0 aliphatic heterocycles. The van der Waals surface area contributed by atoms with Crippen molar-refractivity contribution in [1.29, 1.82) is 0 Å². The third-order valence-electron chi connectivity index (χ3n) is 4.63. The zero-order valence-corrected chi connectivity index (χ0v) is 13.7. The van der Waals surface area contributed by atoms with Gasteiger partial charge in [0.25, 0.3) is 0 Å². The summed E-state index contributed by atoms with van der Waals surface area (Å²) in [6.45, 7) is 1.83. The minimum atomic E-state index is -0.438. The van der Waals surface area contributed by atoms with E-state index in [2.05, 4.69) is 15.4 Å². The third kappa shape index (κ3) is 3.41. The summed E-state index contributed by atoms with van der Waals surface area (Å²) in [5, 5.41) is 12.5. The number of tetrazole rings is 1. The molecule has 1 heterocycles. The molecule has 3 rings (SSSR count). The summed E-state index contributed by atoms with van der Waals surface area (Å²) in [4.78, 5) is 16.0. The molecule has 1 aromatic heterocycles. The molecular weight excluding hydrogens is 290 g/mol. The summed E-state index contributed by atoms with van der Waals surface area (Å²) < 4.78 is 0. The number of carbonyl (C=O) groups excluding carboxylic acids is 1. The second kappa shape index (κ2) is 6.89. The normalized spacial score (nSPS) is 17.0. The van der Waals surface area contributed by atoms with Gasteiger partial charge in [0, 0.05) is 18.7 Å². The predicted molar refractivity (Wildman–Crippen MR) is 87.6 cm³/mol. The largest absolute Gasteiger partial charge is 0.341 e. The van der Waals surface area contributed by atoms with Gasteiger partial charge in [-0.1, -0.05) is 49.6 Å². The van der Waals surface area contributed by atoms with Crippen LogP contribution in [0.5, 0.6) is 0 Å². The van der Waals surface area contributed by atoms with Gasteiger partial charge in [0.1, 0.15) is 6.04 Å². The van der Waals surface area contributed by atoms with Crippen LogP contribution >= 0.6 is 0 Å². The van der Waals surface area contributed by atoms with Gasteiger partial charge in [0.05, 0.1) is 0 Å². The van der Waals surface area contributed by atoms with E-state index in [1.54, 1.807) is 0 Å². The lowest BCUT2D eigenvalue weighted by atomic mass is 9.94. The van der Waals surface area contributed by atoms with Gasteiger partial charge in [0.2, 0.25) is 11.7 Å². The highest BCUT2D eigenvalue weighted by Gasteiger charge is 2.27. The van der Waals surface area contributed by atoms with E-state index in [0.717, 1.165) is 18.4 Å². The lowest BCUT2D eigenvalue weighted by Gasteiger charge is -2.32. The fourth-order valence-electron chi connectivity index (χ4n) is 3.13. The molecule has 2 aromatic rings. The Balaban J connectivity index is 1.71. The molecule has 1 atom stereocenters. The minimum absolute atomic E-state index is 0.0499. The summed E-state index contributed by atoms with van der Waals surface area (Å²) in [5.41, 5.74) is 0.902. The van der Waals surface area contributed by atoms with E-state index in [1.807, 2.05) is 49.2 Å². The maximum atomic E-state index is 12.7. The van der Waals surface area contributed by atoms with Crippen molar-refractivity contribution in [3.05, 3.63) is 30.3 Å². The molecule has 6 heteroatoms. The van der Waals surface area contributed by atoms with E-state index in [4.69, 9.17) is 0 Å². The monoisotopic (exact) mass is 313 g/mol. The van der Waals surface area contributed by atoms with Gasteiger partial charge >= 0.3 is 0 Å². The molecule has 122 valence electrons. The van der Waals surface area contributed by atoms with Gasteiger partial charge in [-0.2, -0.15) is 4.80 Å². The van der Waals surface area contributed by atoms with E-state index in [1.165, 1.54) is 24.1 Å². The van der Waals surface area contributed by atoms with Crippen LogP contribution in [-0.2, 0) is 4.79 Å². The molecule has 1 saturated carbocycles. The first-order chi connectivity index (χ1) is 11.2. The van der Waals surface area contributed by atoms with Crippen molar-refractivity contribution >= 4 is 5.91 Å². The van der Waals surface area contributed by atoms with Crippen LogP contribution in [-0.4, -0.2) is 44.1 Å². The smallest absolute Gasteiger partial charge is 0.249 e. The van der Waals surface area contributed by atoms with Crippen molar-refractivity contribution in [3.63, 3.8) is 0 Å². The Labute approximate surface area is 136 Å². The van der Waals surface area contributed by atoms with Crippen LogP contribution in [0.3, 0.4) is 0 Å². The van der Waals surface area contributed by atoms with E-state index < -0.39 is 6.04 Å². The van der Waals surface area contributed by atoms with Crippen LogP contribution in [0.2, 0.25) is 0 Å². The molecule has 0 N–H and O–H groups in total. The Bertz CT molecular complexity index is 648. The molecule has 1 aromatic carbocycles. The highest BCUT2D eigenvalue weighted by atomic mass is 16.2. The van der Waals surface area contributed by atoms with Gasteiger partial charge in [-0.3, -0.25) is 4.79 Å². The van der Waals surface area contributed by atoms with Gasteiger partial charge in [-0.15, -0.1) is 10.2 Å². The minimum Gasteiger partial charge on any atom is -0.341 e. The summed E-state index contributed by atoms with van der Waals surface area (Å²) in [7, 11) is 1.89. The van der Waals surface area contributed by atoms with Crippen LogP contribution in [0.1, 0.15) is 45.1 Å². The van der Waals surface area contributed by atoms with Crippen molar-refractivity contribution in [2.75, 3.05) is 7.05 Å².